The molecule has 12 heavy (non-hydrogen) atoms. The maximum Gasteiger partial charge on any atom is 0.0689 e. The summed E-state index contributed by atoms with van der Waals surface area (Å²) in [7, 11) is 0. The third kappa shape index (κ3) is 2.00. The molecule has 0 aromatic rings. The Hall–Kier alpha value is -0.510. The predicted molar refractivity (Wildman–Crippen MR) is 50.6 cm³/mol. The van der Waals surface area contributed by atoms with Gasteiger partial charge in [0, 0.05) is 0 Å². The van der Waals surface area contributed by atoms with Crippen LogP contribution in [-0.2, 0) is 0 Å². The molecule has 0 atom stereocenters. The lowest BCUT2D eigenvalue weighted by Crippen LogP contribution is -2.24. The summed E-state index contributed by atoms with van der Waals surface area (Å²) in [5.41, 5.74) is 0.0568. The lowest BCUT2D eigenvalue weighted by molar-refractivity contribution is 0.205. The van der Waals surface area contributed by atoms with E-state index in [-0.39, 0.29) is 5.41 Å². The monoisotopic (exact) mass is 165 g/mol. The molecule has 0 heterocycles. The summed E-state index contributed by atoms with van der Waals surface area (Å²) < 4.78 is 0. The van der Waals surface area contributed by atoms with Crippen LogP contribution in [0, 0.1) is 22.7 Å². The van der Waals surface area contributed by atoms with Crippen LogP contribution in [0.4, 0.5) is 0 Å². The van der Waals surface area contributed by atoms with Crippen molar-refractivity contribution < 1.29 is 0 Å². The van der Waals surface area contributed by atoms with Crippen LogP contribution in [0.25, 0.3) is 0 Å². The molecule has 0 radical (unpaired) electrons. The van der Waals surface area contributed by atoms with Crippen LogP contribution in [0.3, 0.4) is 0 Å². The highest BCUT2D eigenvalue weighted by molar-refractivity contribution is 5.00. The van der Waals surface area contributed by atoms with E-state index in [9.17, 15) is 0 Å². The van der Waals surface area contributed by atoms with E-state index >= 15 is 0 Å². The fourth-order valence-electron chi connectivity index (χ4n) is 2.21. The molecule has 0 aromatic carbocycles. The molecule has 0 aliphatic heterocycles. The van der Waals surface area contributed by atoms with E-state index in [4.69, 9.17) is 5.26 Å². The first kappa shape index (κ1) is 9.58. The van der Waals surface area contributed by atoms with E-state index in [1.54, 1.807) is 0 Å². The summed E-state index contributed by atoms with van der Waals surface area (Å²) >= 11 is 0. The molecule has 1 fully saturated rings. The standard InChI is InChI=1S/C11H19N/c1-3-6-11(9-12)7-4-10(2)5-8-11/h10H,3-8H2,1-2H3. The predicted octanol–water partition coefficient (Wildman–Crippen LogP) is 3.51. The second-order valence-corrected chi connectivity index (χ2v) is 4.32. The van der Waals surface area contributed by atoms with Crippen LogP contribution >= 0.6 is 0 Å². The Bertz CT molecular complexity index is 170. The lowest BCUT2D eigenvalue weighted by Gasteiger charge is -2.33. The molecule has 1 aliphatic rings. The van der Waals surface area contributed by atoms with E-state index in [2.05, 4.69) is 19.9 Å². The van der Waals surface area contributed by atoms with Crippen molar-refractivity contribution in [2.75, 3.05) is 0 Å². The Morgan fingerprint density at radius 1 is 1.42 bits per heavy atom. The maximum absolute atomic E-state index is 9.11. The van der Waals surface area contributed by atoms with Crippen molar-refractivity contribution in [3.8, 4) is 6.07 Å². The summed E-state index contributed by atoms with van der Waals surface area (Å²) in [5, 5.41) is 9.11. The van der Waals surface area contributed by atoms with Crippen LogP contribution in [0.15, 0.2) is 0 Å². The zero-order chi connectivity index (χ0) is 9.03. The number of hydrogen-bond acceptors (Lipinski definition) is 1. The van der Waals surface area contributed by atoms with Gasteiger partial charge in [0.05, 0.1) is 11.5 Å². The summed E-state index contributed by atoms with van der Waals surface area (Å²) in [6.45, 7) is 4.48. The molecule has 0 bridgehead atoms. The normalized spacial score (nSPS) is 35.9. The molecule has 1 aliphatic carbocycles. The first-order valence-corrected chi connectivity index (χ1v) is 5.14. The minimum absolute atomic E-state index is 0.0568. The molecule has 0 aromatic heterocycles. The van der Waals surface area contributed by atoms with Gasteiger partial charge in [0.1, 0.15) is 0 Å². The van der Waals surface area contributed by atoms with Gasteiger partial charge < -0.3 is 0 Å². The minimum Gasteiger partial charge on any atom is -0.198 e. The van der Waals surface area contributed by atoms with Crippen molar-refractivity contribution in [3.63, 3.8) is 0 Å². The zero-order valence-corrected chi connectivity index (χ0v) is 8.27. The summed E-state index contributed by atoms with van der Waals surface area (Å²) in [6.07, 6.45) is 7.05. The third-order valence-electron chi connectivity index (χ3n) is 3.20. The first-order valence-electron chi connectivity index (χ1n) is 5.14. The largest absolute Gasteiger partial charge is 0.198 e. The van der Waals surface area contributed by atoms with Crippen molar-refractivity contribution in [3.05, 3.63) is 0 Å². The average Bonchev–Trinajstić information content (AvgIpc) is 2.10. The molecule has 1 saturated carbocycles. The first-order chi connectivity index (χ1) is 5.72. The van der Waals surface area contributed by atoms with Gasteiger partial charge in [-0.05, 0) is 38.0 Å². The lowest BCUT2D eigenvalue weighted by atomic mass is 9.69. The summed E-state index contributed by atoms with van der Waals surface area (Å²) in [4.78, 5) is 0. The highest BCUT2D eigenvalue weighted by atomic mass is 14.4. The number of nitriles is 1. The van der Waals surface area contributed by atoms with Crippen LogP contribution in [0.1, 0.15) is 52.4 Å². The Kier molecular flexibility index (Phi) is 3.14. The summed E-state index contributed by atoms with van der Waals surface area (Å²) in [5.74, 6) is 0.850. The van der Waals surface area contributed by atoms with Crippen molar-refractivity contribution in [1.82, 2.24) is 0 Å². The van der Waals surface area contributed by atoms with Crippen LogP contribution in [0.2, 0.25) is 0 Å². The highest BCUT2D eigenvalue weighted by Crippen LogP contribution is 2.41. The molecule has 0 saturated heterocycles. The van der Waals surface area contributed by atoms with Gasteiger partial charge in [-0.2, -0.15) is 5.26 Å². The molecule has 1 heteroatoms. The third-order valence-corrected chi connectivity index (χ3v) is 3.20. The minimum atomic E-state index is 0.0568. The fraction of sp³-hybridized carbons (Fsp3) is 0.909. The molecule has 1 rings (SSSR count). The van der Waals surface area contributed by atoms with Crippen molar-refractivity contribution in [2.24, 2.45) is 11.3 Å². The summed E-state index contributed by atoms with van der Waals surface area (Å²) in [6, 6.07) is 2.54. The Morgan fingerprint density at radius 3 is 2.42 bits per heavy atom. The number of nitrogens with zero attached hydrogens (tertiary/aromatic N) is 1. The van der Waals surface area contributed by atoms with Crippen LogP contribution in [0.5, 0.6) is 0 Å². The number of rotatable bonds is 2. The van der Waals surface area contributed by atoms with E-state index in [0.29, 0.717) is 0 Å². The van der Waals surface area contributed by atoms with Gasteiger partial charge >= 0.3 is 0 Å². The Morgan fingerprint density at radius 2 is 2.00 bits per heavy atom. The van der Waals surface area contributed by atoms with Gasteiger partial charge in [-0.3, -0.25) is 0 Å². The second kappa shape index (κ2) is 3.94. The van der Waals surface area contributed by atoms with E-state index in [0.717, 1.165) is 31.6 Å². The molecular weight excluding hydrogens is 146 g/mol. The topological polar surface area (TPSA) is 23.8 Å². The van der Waals surface area contributed by atoms with Gasteiger partial charge in [-0.1, -0.05) is 20.3 Å². The van der Waals surface area contributed by atoms with E-state index in [1.807, 2.05) is 0 Å². The van der Waals surface area contributed by atoms with E-state index in [1.165, 1.54) is 12.8 Å². The molecule has 68 valence electrons. The molecule has 0 amide bonds. The zero-order valence-electron chi connectivity index (χ0n) is 8.27. The molecule has 0 N–H and O–H groups in total. The quantitative estimate of drug-likeness (QED) is 0.614. The fourth-order valence-corrected chi connectivity index (χ4v) is 2.21. The van der Waals surface area contributed by atoms with Crippen molar-refractivity contribution >= 4 is 0 Å². The molecular formula is C11H19N. The van der Waals surface area contributed by atoms with Gasteiger partial charge in [-0.25, -0.2) is 0 Å². The highest BCUT2D eigenvalue weighted by Gasteiger charge is 2.32. The van der Waals surface area contributed by atoms with Gasteiger partial charge in [0.15, 0.2) is 0 Å². The van der Waals surface area contributed by atoms with Crippen molar-refractivity contribution in [1.29, 1.82) is 5.26 Å². The smallest absolute Gasteiger partial charge is 0.0689 e. The molecule has 0 unspecified atom stereocenters. The van der Waals surface area contributed by atoms with E-state index < -0.39 is 0 Å². The number of hydrogen-bond donors (Lipinski definition) is 0. The van der Waals surface area contributed by atoms with Crippen molar-refractivity contribution in [2.45, 2.75) is 52.4 Å². The molecule has 1 nitrogen and oxygen atoms in total. The van der Waals surface area contributed by atoms with Crippen LogP contribution < -0.4 is 0 Å². The molecule has 0 spiro atoms. The Balaban J connectivity index is 2.52. The SMILES string of the molecule is CCCC1(C#N)CCC(C)CC1. The van der Waals surface area contributed by atoms with Gasteiger partial charge in [0.2, 0.25) is 0 Å². The maximum atomic E-state index is 9.11. The van der Waals surface area contributed by atoms with Gasteiger partial charge in [0.25, 0.3) is 0 Å². The van der Waals surface area contributed by atoms with Gasteiger partial charge in [-0.15, -0.1) is 0 Å². The Labute approximate surface area is 75.8 Å². The van der Waals surface area contributed by atoms with Crippen LogP contribution in [-0.4, -0.2) is 0 Å². The second-order valence-electron chi connectivity index (χ2n) is 4.32. The average molecular weight is 165 g/mol.